The predicted octanol–water partition coefficient (Wildman–Crippen LogP) is 1.39. The lowest BCUT2D eigenvalue weighted by atomic mass is 10.1. The zero-order valence-electron chi connectivity index (χ0n) is 13.7. The van der Waals surface area contributed by atoms with Crippen LogP contribution in [-0.2, 0) is 9.84 Å². The highest BCUT2D eigenvalue weighted by molar-refractivity contribution is 7.90. The summed E-state index contributed by atoms with van der Waals surface area (Å²) in [5, 5.41) is 14.5. The highest BCUT2D eigenvalue weighted by Gasteiger charge is 2.32. The summed E-state index contributed by atoms with van der Waals surface area (Å²) in [7, 11) is -3.65. The first-order chi connectivity index (χ1) is 11.2. The molecular weight excluding hydrogens is 370 g/mol. The van der Waals surface area contributed by atoms with E-state index in [1.165, 1.54) is 6.07 Å². The SMILES string of the molecule is CS(=O)(=O)c1cc(C(=O)N2CCC3CCC(C2)N3)cc([N+](=O)[O-])c1.Cl. The first-order valence-corrected chi connectivity index (χ1v) is 9.68. The van der Waals surface area contributed by atoms with Gasteiger partial charge in [-0.25, -0.2) is 8.42 Å². The van der Waals surface area contributed by atoms with Gasteiger partial charge in [0, 0.05) is 49.1 Å². The van der Waals surface area contributed by atoms with Gasteiger partial charge in [-0.2, -0.15) is 0 Å². The van der Waals surface area contributed by atoms with Gasteiger partial charge < -0.3 is 10.2 Å². The third-order valence-electron chi connectivity index (χ3n) is 4.59. The van der Waals surface area contributed by atoms with Crippen LogP contribution < -0.4 is 5.32 Å². The molecular formula is C15H20ClN3O5S. The predicted molar refractivity (Wildman–Crippen MR) is 93.9 cm³/mol. The van der Waals surface area contributed by atoms with Gasteiger partial charge in [-0.15, -0.1) is 12.4 Å². The summed E-state index contributed by atoms with van der Waals surface area (Å²) in [5.74, 6) is -0.363. The molecule has 10 heteroatoms. The first-order valence-electron chi connectivity index (χ1n) is 7.79. The molecule has 0 spiro atoms. The number of fused-ring (bicyclic) bond motifs is 2. The lowest BCUT2D eigenvalue weighted by molar-refractivity contribution is -0.385. The molecule has 1 aromatic rings. The Morgan fingerprint density at radius 2 is 1.92 bits per heavy atom. The zero-order valence-corrected chi connectivity index (χ0v) is 15.3. The van der Waals surface area contributed by atoms with Gasteiger partial charge >= 0.3 is 0 Å². The summed E-state index contributed by atoms with van der Waals surface area (Å²) in [6, 6.07) is 3.99. The molecule has 2 unspecified atom stereocenters. The van der Waals surface area contributed by atoms with Crippen LogP contribution in [0.5, 0.6) is 0 Å². The average Bonchev–Trinajstić information content (AvgIpc) is 2.84. The van der Waals surface area contributed by atoms with Crippen LogP contribution in [0.3, 0.4) is 0 Å². The van der Waals surface area contributed by atoms with Crippen molar-refractivity contribution in [2.45, 2.75) is 36.2 Å². The molecule has 0 radical (unpaired) electrons. The molecule has 2 saturated heterocycles. The molecule has 1 aromatic carbocycles. The highest BCUT2D eigenvalue weighted by Crippen LogP contribution is 2.25. The van der Waals surface area contributed by atoms with Crippen molar-refractivity contribution in [3.05, 3.63) is 33.9 Å². The van der Waals surface area contributed by atoms with Crippen LogP contribution in [0.4, 0.5) is 5.69 Å². The maximum Gasteiger partial charge on any atom is 0.271 e. The van der Waals surface area contributed by atoms with Crippen molar-refractivity contribution in [3.8, 4) is 0 Å². The molecule has 0 saturated carbocycles. The standard InChI is InChI=1S/C15H19N3O5S.ClH/c1-24(22,23)14-7-10(6-13(8-14)18(20)21)15(19)17-5-4-11-2-3-12(9-17)16-11;/h6-8,11-12,16H,2-5,9H2,1H3;1H. The van der Waals surface area contributed by atoms with E-state index in [4.69, 9.17) is 0 Å². The number of benzene rings is 1. The molecule has 0 aromatic heterocycles. The van der Waals surface area contributed by atoms with Crippen LogP contribution in [0, 0.1) is 10.1 Å². The fourth-order valence-electron chi connectivity index (χ4n) is 3.34. The Labute approximate surface area is 152 Å². The number of hydrogen-bond acceptors (Lipinski definition) is 6. The summed E-state index contributed by atoms with van der Waals surface area (Å²) >= 11 is 0. The number of nitrogens with one attached hydrogen (secondary N) is 1. The van der Waals surface area contributed by atoms with E-state index in [9.17, 15) is 23.3 Å². The summed E-state index contributed by atoms with van der Waals surface area (Å²) in [6.07, 6.45) is 3.89. The summed E-state index contributed by atoms with van der Waals surface area (Å²) in [5.41, 5.74) is -0.349. The molecule has 2 aliphatic rings. The van der Waals surface area contributed by atoms with Crippen LogP contribution in [-0.4, -0.2) is 55.6 Å². The first kappa shape index (κ1) is 19.6. The van der Waals surface area contributed by atoms with E-state index < -0.39 is 20.4 Å². The number of sulfone groups is 1. The van der Waals surface area contributed by atoms with Gasteiger partial charge in [-0.05, 0) is 25.3 Å². The average molecular weight is 390 g/mol. The lowest BCUT2D eigenvalue weighted by Crippen LogP contribution is -2.39. The molecule has 25 heavy (non-hydrogen) atoms. The van der Waals surface area contributed by atoms with Crippen molar-refractivity contribution in [2.75, 3.05) is 19.3 Å². The van der Waals surface area contributed by atoms with Gasteiger partial charge in [0.2, 0.25) is 0 Å². The Morgan fingerprint density at radius 3 is 2.56 bits per heavy atom. The number of amides is 1. The quantitative estimate of drug-likeness (QED) is 0.617. The number of nitrogens with zero attached hydrogens (tertiary/aromatic N) is 2. The number of non-ortho nitro benzene ring substituents is 1. The van der Waals surface area contributed by atoms with Crippen LogP contribution >= 0.6 is 12.4 Å². The molecule has 1 N–H and O–H groups in total. The largest absolute Gasteiger partial charge is 0.337 e. The third-order valence-corrected chi connectivity index (χ3v) is 5.68. The van der Waals surface area contributed by atoms with Crippen LogP contribution in [0.2, 0.25) is 0 Å². The highest BCUT2D eigenvalue weighted by atomic mass is 35.5. The molecule has 1 amide bonds. The molecule has 0 aliphatic carbocycles. The Hall–Kier alpha value is -1.71. The van der Waals surface area contributed by atoms with Crippen molar-refractivity contribution in [1.82, 2.24) is 10.2 Å². The van der Waals surface area contributed by atoms with Gasteiger partial charge in [-0.3, -0.25) is 14.9 Å². The molecule has 2 bridgehead atoms. The second-order valence-electron chi connectivity index (χ2n) is 6.42. The van der Waals surface area contributed by atoms with E-state index in [0.29, 0.717) is 19.1 Å². The summed E-state index contributed by atoms with van der Waals surface area (Å²) in [4.78, 5) is 24.6. The topological polar surface area (TPSA) is 110 Å². The number of halogens is 1. The smallest absolute Gasteiger partial charge is 0.271 e. The molecule has 2 heterocycles. The van der Waals surface area contributed by atoms with Gasteiger partial charge in [0.15, 0.2) is 9.84 Å². The number of hydrogen-bond donors (Lipinski definition) is 1. The number of carbonyl (C=O) groups is 1. The number of nitro groups is 1. The zero-order chi connectivity index (χ0) is 17.5. The summed E-state index contributed by atoms with van der Waals surface area (Å²) < 4.78 is 23.5. The van der Waals surface area contributed by atoms with E-state index in [2.05, 4.69) is 5.32 Å². The van der Waals surface area contributed by atoms with E-state index in [-0.39, 0.29) is 34.8 Å². The van der Waals surface area contributed by atoms with Crippen molar-refractivity contribution in [3.63, 3.8) is 0 Å². The van der Waals surface area contributed by atoms with Crippen LogP contribution in [0.15, 0.2) is 23.1 Å². The summed E-state index contributed by atoms with van der Waals surface area (Å²) in [6.45, 7) is 1.09. The number of rotatable bonds is 3. The monoisotopic (exact) mass is 389 g/mol. The van der Waals surface area contributed by atoms with Gasteiger partial charge in [0.1, 0.15) is 0 Å². The molecule has 2 atom stereocenters. The normalized spacial score (nSPS) is 22.8. The molecule has 2 fully saturated rings. The number of carbonyl (C=O) groups excluding carboxylic acids is 1. The number of likely N-dealkylation sites (tertiary alicyclic amines) is 1. The second kappa shape index (κ2) is 7.27. The minimum absolute atomic E-state index is 0. The number of nitro benzene ring substituents is 1. The van der Waals surface area contributed by atoms with Gasteiger partial charge in [0.05, 0.1) is 9.82 Å². The van der Waals surface area contributed by atoms with E-state index >= 15 is 0 Å². The van der Waals surface area contributed by atoms with Crippen LogP contribution in [0.1, 0.15) is 29.6 Å². The maximum atomic E-state index is 12.8. The maximum absolute atomic E-state index is 12.8. The van der Waals surface area contributed by atoms with Crippen molar-refractivity contribution >= 4 is 33.8 Å². The molecule has 138 valence electrons. The van der Waals surface area contributed by atoms with Gasteiger partial charge in [0.25, 0.3) is 11.6 Å². The Morgan fingerprint density at radius 1 is 1.24 bits per heavy atom. The third kappa shape index (κ3) is 4.28. The Balaban J connectivity index is 0.00000225. The Kier molecular flexibility index (Phi) is 5.70. The lowest BCUT2D eigenvalue weighted by Gasteiger charge is -2.24. The fourth-order valence-corrected chi connectivity index (χ4v) is 4.01. The fraction of sp³-hybridized carbons (Fsp3) is 0.533. The van der Waals surface area contributed by atoms with Crippen molar-refractivity contribution in [2.24, 2.45) is 0 Å². The second-order valence-corrected chi connectivity index (χ2v) is 8.44. The minimum Gasteiger partial charge on any atom is -0.337 e. The van der Waals surface area contributed by atoms with Crippen molar-refractivity contribution in [1.29, 1.82) is 0 Å². The molecule has 3 rings (SSSR count). The molecule has 8 nitrogen and oxygen atoms in total. The van der Waals surface area contributed by atoms with E-state index in [0.717, 1.165) is 37.7 Å². The minimum atomic E-state index is -3.65. The molecule has 2 aliphatic heterocycles. The van der Waals surface area contributed by atoms with Gasteiger partial charge in [-0.1, -0.05) is 0 Å². The van der Waals surface area contributed by atoms with Crippen molar-refractivity contribution < 1.29 is 18.1 Å². The van der Waals surface area contributed by atoms with E-state index in [1.807, 2.05) is 0 Å². The Bertz CT molecular complexity index is 798. The van der Waals surface area contributed by atoms with Crippen LogP contribution in [0.25, 0.3) is 0 Å². The van der Waals surface area contributed by atoms with E-state index in [1.54, 1.807) is 4.90 Å².